The monoisotopic (exact) mass is 217 g/mol. The summed E-state index contributed by atoms with van der Waals surface area (Å²) < 4.78 is 9.76. The van der Waals surface area contributed by atoms with Gasteiger partial charge in [-0.15, -0.1) is 0 Å². The lowest BCUT2D eigenvalue weighted by atomic mass is 10.1. The lowest BCUT2D eigenvalue weighted by Gasteiger charge is -2.28. The maximum atomic E-state index is 11.4. The molecule has 0 aromatic carbocycles. The van der Waals surface area contributed by atoms with Crippen molar-refractivity contribution in [2.24, 2.45) is 5.92 Å². The molecule has 0 spiro atoms. The maximum Gasteiger partial charge on any atom is 0.322 e. The minimum Gasteiger partial charge on any atom is -0.468 e. The molecule has 0 rings (SSSR count). The molecule has 0 N–H and O–H groups in total. The Morgan fingerprint density at radius 2 is 1.87 bits per heavy atom. The fraction of sp³-hybridized carbons (Fsp3) is 0.909. The molecular formula is C11H23NO3. The standard InChI is InChI=1S/C11H23NO3/c1-9(2)8-12(6-7-14-4)10(3)11(13)15-5/h9-10H,6-8H2,1-5H3. The van der Waals surface area contributed by atoms with Gasteiger partial charge in [-0.1, -0.05) is 13.8 Å². The minimum absolute atomic E-state index is 0.188. The maximum absolute atomic E-state index is 11.4. The van der Waals surface area contributed by atoms with Gasteiger partial charge in [0, 0.05) is 20.2 Å². The molecule has 15 heavy (non-hydrogen) atoms. The van der Waals surface area contributed by atoms with Crippen LogP contribution in [0.15, 0.2) is 0 Å². The number of ether oxygens (including phenoxy) is 2. The van der Waals surface area contributed by atoms with Crippen molar-refractivity contribution in [3.05, 3.63) is 0 Å². The van der Waals surface area contributed by atoms with Gasteiger partial charge in [-0.05, 0) is 12.8 Å². The third-order valence-electron chi connectivity index (χ3n) is 2.27. The van der Waals surface area contributed by atoms with Crippen molar-refractivity contribution < 1.29 is 14.3 Å². The van der Waals surface area contributed by atoms with Crippen LogP contribution in [0.3, 0.4) is 0 Å². The van der Waals surface area contributed by atoms with Crippen LogP contribution in [0.25, 0.3) is 0 Å². The summed E-state index contributed by atoms with van der Waals surface area (Å²) in [5.74, 6) is 0.334. The van der Waals surface area contributed by atoms with Crippen molar-refractivity contribution in [3.63, 3.8) is 0 Å². The Bertz CT molecular complexity index is 183. The molecule has 0 aliphatic heterocycles. The first kappa shape index (κ1) is 14.4. The van der Waals surface area contributed by atoms with E-state index in [1.165, 1.54) is 7.11 Å². The molecule has 0 bridgehead atoms. The molecule has 0 radical (unpaired) electrons. The van der Waals surface area contributed by atoms with Crippen LogP contribution in [0.4, 0.5) is 0 Å². The second-order valence-corrected chi connectivity index (χ2v) is 4.08. The van der Waals surface area contributed by atoms with Crippen molar-refractivity contribution in [3.8, 4) is 0 Å². The minimum atomic E-state index is -0.201. The third kappa shape index (κ3) is 5.74. The molecule has 0 aliphatic rings. The number of rotatable bonds is 7. The summed E-state index contributed by atoms with van der Waals surface area (Å²) in [7, 11) is 3.08. The number of carbonyl (C=O) groups excluding carboxylic acids is 1. The first-order valence-corrected chi connectivity index (χ1v) is 5.33. The molecule has 4 heteroatoms. The number of nitrogens with zero attached hydrogens (tertiary/aromatic N) is 1. The van der Waals surface area contributed by atoms with Crippen LogP contribution in [0, 0.1) is 5.92 Å². The van der Waals surface area contributed by atoms with Gasteiger partial charge in [0.15, 0.2) is 0 Å². The molecule has 4 nitrogen and oxygen atoms in total. The van der Waals surface area contributed by atoms with Gasteiger partial charge in [0.1, 0.15) is 6.04 Å². The Kier molecular flexibility index (Phi) is 7.34. The summed E-state index contributed by atoms with van der Waals surface area (Å²) in [6.07, 6.45) is 0. The van der Waals surface area contributed by atoms with Crippen LogP contribution in [-0.4, -0.2) is 50.8 Å². The summed E-state index contributed by atoms with van der Waals surface area (Å²) >= 11 is 0. The summed E-state index contributed by atoms with van der Waals surface area (Å²) in [4.78, 5) is 13.5. The molecule has 90 valence electrons. The molecule has 0 heterocycles. The highest BCUT2D eigenvalue weighted by molar-refractivity contribution is 5.75. The number of carbonyl (C=O) groups is 1. The van der Waals surface area contributed by atoms with Gasteiger partial charge in [0.2, 0.25) is 0 Å². The molecule has 0 aromatic heterocycles. The average Bonchev–Trinajstić information content (AvgIpc) is 2.21. The molecule has 1 unspecified atom stereocenters. The van der Waals surface area contributed by atoms with E-state index < -0.39 is 0 Å². The first-order valence-electron chi connectivity index (χ1n) is 5.33. The molecule has 1 atom stereocenters. The highest BCUT2D eigenvalue weighted by Gasteiger charge is 2.21. The Balaban J connectivity index is 4.25. The van der Waals surface area contributed by atoms with Crippen molar-refractivity contribution in [1.29, 1.82) is 0 Å². The summed E-state index contributed by atoms with van der Waals surface area (Å²) in [5, 5.41) is 0. The molecular weight excluding hydrogens is 194 g/mol. The second-order valence-electron chi connectivity index (χ2n) is 4.08. The zero-order valence-corrected chi connectivity index (χ0v) is 10.4. The molecule has 0 fully saturated rings. The Hall–Kier alpha value is -0.610. The van der Waals surface area contributed by atoms with Gasteiger partial charge in [0.25, 0.3) is 0 Å². The zero-order chi connectivity index (χ0) is 11.8. The van der Waals surface area contributed by atoms with E-state index in [1.54, 1.807) is 7.11 Å². The van der Waals surface area contributed by atoms with E-state index in [1.807, 2.05) is 6.92 Å². The van der Waals surface area contributed by atoms with Gasteiger partial charge in [0.05, 0.1) is 13.7 Å². The zero-order valence-electron chi connectivity index (χ0n) is 10.4. The normalized spacial score (nSPS) is 13.3. The fourth-order valence-electron chi connectivity index (χ4n) is 1.44. The Morgan fingerprint density at radius 3 is 2.27 bits per heavy atom. The largest absolute Gasteiger partial charge is 0.468 e. The van der Waals surface area contributed by atoms with E-state index in [0.717, 1.165) is 13.1 Å². The van der Waals surface area contributed by atoms with E-state index in [4.69, 9.17) is 9.47 Å². The smallest absolute Gasteiger partial charge is 0.322 e. The SMILES string of the molecule is COCCN(CC(C)C)C(C)C(=O)OC. The predicted octanol–water partition coefficient (Wildman–Crippen LogP) is 1.15. The lowest BCUT2D eigenvalue weighted by Crippen LogP contribution is -2.43. The van der Waals surface area contributed by atoms with Crippen LogP contribution in [-0.2, 0) is 14.3 Å². The molecule has 0 aromatic rings. The van der Waals surface area contributed by atoms with Gasteiger partial charge < -0.3 is 9.47 Å². The summed E-state index contributed by atoms with van der Waals surface area (Å²) in [5.41, 5.74) is 0. The number of methoxy groups -OCH3 is 2. The summed E-state index contributed by atoms with van der Waals surface area (Å²) in [6.45, 7) is 8.39. The van der Waals surface area contributed by atoms with Crippen molar-refractivity contribution >= 4 is 5.97 Å². The van der Waals surface area contributed by atoms with Crippen LogP contribution in [0.5, 0.6) is 0 Å². The van der Waals surface area contributed by atoms with Crippen molar-refractivity contribution in [2.45, 2.75) is 26.8 Å². The summed E-state index contributed by atoms with van der Waals surface area (Å²) in [6, 6.07) is -0.201. The van der Waals surface area contributed by atoms with E-state index >= 15 is 0 Å². The quantitative estimate of drug-likeness (QED) is 0.600. The van der Waals surface area contributed by atoms with Crippen molar-refractivity contribution in [1.82, 2.24) is 4.90 Å². The van der Waals surface area contributed by atoms with Crippen molar-refractivity contribution in [2.75, 3.05) is 33.9 Å². The predicted molar refractivity (Wildman–Crippen MR) is 59.8 cm³/mol. The second kappa shape index (κ2) is 7.65. The van der Waals surface area contributed by atoms with E-state index in [9.17, 15) is 4.79 Å². The third-order valence-corrected chi connectivity index (χ3v) is 2.27. The highest BCUT2D eigenvalue weighted by Crippen LogP contribution is 2.05. The first-order chi connectivity index (χ1) is 7.02. The van der Waals surface area contributed by atoms with Gasteiger partial charge in [-0.2, -0.15) is 0 Å². The highest BCUT2D eigenvalue weighted by atomic mass is 16.5. The fourth-order valence-corrected chi connectivity index (χ4v) is 1.44. The molecule has 0 aliphatic carbocycles. The molecule has 0 amide bonds. The molecule has 0 saturated heterocycles. The number of hydrogen-bond acceptors (Lipinski definition) is 4. The van der Waals surface area contributed by atoms with Crippen LogP contribution in [0.1, 0.15) is 20.8 Å². The van der Waals surface area contributed by atoms with Gasteiger partial charge >= 0.3 is 5.97 Å². The van der Waals surface area contributed by atoms with Gasteiger partial charge in [-0.3, -0.25) is 9.69 Å². The van der Waals surface area contributed by atoms with E-state index in [2.05, 4.69) is 18.7 Å². The van der Waals surface area contributed by atoms with Gasteiger partial charge in [-0.25, -0.2) is 0 Å². The van der Waals surface area contributed by atoms with Crippen LogP contribution in [0.2, 0.25) is 0 Å². The average molecular weight is 217 g/mol. The van der Waals surface area contributed by atoms with E-state index in [-0.39, 0.29) is 12.0 Å². The Labute approximate surface area is 92.5 Å². The Morgan fingerprint density at radius 1 is 1.27 bits per heavy atom. The van der Waals surface area contributed by atoms with Crippen LogP contribution >= 0.6 is 0 Å². The number of hydrogen-bond donors (Lipinski definition) is 0. The van der Waals surface area contributed by atoms with E-state index in [0.29, 0.717) is 12.5 Å². The molecule has 0 saturated carbocycles. The van der Waals surface area contributed by atoms with Crippen LogP contribution < -0.4 is 0 Å². The lowest BCUT2D eigenvalue weighted by molar-refractivity contribution is -0.146. The number of esters is 1. The topological polar surface area (TPSA) is 38.8 Å².